The molecule has 3 radical (unpaired) electrons. The molecule has 0 aromatic carbocycles. The van der Waals surface area contributed by atoms with Gasteiger partial charge in [-0.3, -0.25) is 5.10 Å². The summed E-state index contributed by atoms with van der Waals surface area (Å²) in [4.78, 5) is 0. The zero-order chi connectivity index (χ0) is 3.54. The summed E-state index contributed by atoms with van der Waals surface area (Å²) >= 11 is 0. The Hall–Kier alpha value is 2.21. The van der Waals surface area contributed by atoms with Crippen molar-refractivity contribution in [3.05, 3.63) is 18.5 Å². The van der Waals surface area contributed by atoms with Gasteiger partial charge in [-0.2, -0.15) is 5.10 Å². The fraction of sp³-hybridized carbons (Fsp3) is 0. The molecule has 1 aromatic rings. The summed E-state index contributed by atoms with van der Waals surface area (Å²) in [5.74, 6) is 0. The van der Waals surface area contributed by atoms with E-state index in [4.69, 9.17) is 0 Å². The Morgan fingerprint density at radius 3 is 1.88 bits per heavy atom. The van der Waals surface area contributed by atoms with Crippen LogP contribution in [0.25, 0.3) is 0 Å². The molecule has 0 aliphatic rings. The summed E-state index contributed by atoms with van der Waals surface area (Å²) in [6, 6.07) is 1.83. The minimum Gasteiger partial charge on any atom is -0.286 e. The molecule has 2 nitrogen and oxygen atoms in total. The summed E-state index contributed by atoms with van der Waals surface area (Å²) in [5, 5.41) is 6.21. The average Bonchev–Trinajstić information content (AvgIpc) is 1.76. The van der Waals surface area contributed by atoms with Gasteiger partial charge in [-0.15, -0.1) is 0 Å². The maximum absolute atomic E-state index is 3.60. The summed E-state index contributed by atoms with van der Waals surface area (Å²) in [7, 11) is 0. The summed E-state index contributed by atoms with van der Waals surface area (Å²) < 4.78 is 0. The third-order valence-corrected chi connectivity index (χ3v) is 0.406. The van der Waals surface area contributed by atoms with Crippen molar-refractivity contribution in [3.63, 3.8) is 0 Å². The third-order valence-electron chi connectivity index (χ3n) is 0.406. The van der Waals surface area contributed by atoms with E-state index in [1.165, 1.54) is 0 Å². The van der Waals surface area contributed by atoms with Crippen LogP contribution in [0.2, 0.25) is 0 Å². The van der Waals surface area contributed by atoms with E-state index in [1.54, 1.807) is 12.4 Å². The van der Waals surface area contributed by atoms with Crippen LogP contribution in [0.3, 0.4) is 0 Å². The molecular formula is C3H4N2Na3. The van der Waals surface area contributed by atoms with Gasteiger partial charge < -0.3 is 0 Å². The second-order valence-corrected chi connectivity index (χ2v) is 0.766. The first-order valence-corrected chi connectivity index (χ1v) is 1.44. The molecule has 0 aliphatic heterocycles. The second kappa shape index (κ2) is 11.9. The van der Waals surface area contributed by atoms with Crippen molar-refractivity contribution in [1.82, 2.24) is 10.2 Å². The zero-order valence-electron chi connectivity index (χ0n) is 5.68. The molecule has 0 saturated heterocycles. The minimum absolute atomic E-state index is 0. The number of hydrogen-bond acceptors (Lipinski definition) is 1. The van der Waals surface area contributed by atoms with Crippen LogP contribution in [0, 0.1) is 0 Å². The van der Waals surface area contributed by atoms with Crippen LogP contribution in [-0.4, -0.2) is 98.9 Å². The average molecular weight is 137 g/mol. The van der Waals surface area contributed by atoms with Crippen LogP contribution in [-0.2, 0) is 0 Å². The van der Waals surface area contributed by atoms with E-state index >= 15 is 0 Å². The molecule has 1 rings (SSSR count). The maximum atomic E-state index is 3.60. The van der Waals surface area contributed by atoms with Gasteiger partial charge in [-0.25, -0.2) is 0 Å². The van der Waals surface area contributed by atoms with Crippen molar-refractivity contribution in [2.24, 2.45) is 0 Å². The van der Waals surface area contributed by atoms with Crippen molar-refractivity contribution >= 4 is 88.7 Å². The summed E-state index contributed by atoms with van der Waals surface area (Å²) in [6.45, 7) is 0. The monoisotopic (exact) mass is 137 g/mol. The van der Waals surface area contributed by atoms with Gasteiger partial charge in [0.15, 0.2) is 0 Å². The smallest absolute Gasteiger partial charge is 0.0487 e. The van der Waals surface area contributed by atoms with Crippen LogP contribution in [0.4, 0.5) is 0 Å². The number of hydrogen-bond donors (Lipinski definition) is 1. The Balaban J connectivity index is -0.0000000833. The van der Waals surface area contributed by atoms with Gasteiger partial charge in [0, 0.05) is 101 Å². The van der Waals surface area contributed by atoms with E-state index in [0.29, 0.717) is 0 Å². The van der Waals surface area contributed by atoms with E-state index in [1.807, 2.05) is 6.07 Å². The number of aromatic nitrogens is 2. The Bertz CT molecular complexity index is 69.0. The zero-order valence-corrected chi connectivity index (χ0v) is 11.7. The van der Waals surface area contributed by atoms with Crippen molar-refractivity contribution in [2.45, 2.75) is 0 Å². The largest absolute Gasteiger partial charge is 0.286 e. The molecule has 0 fully saturated rings. The fourth-order valence-electron chi connectivity index (χ4n) is 0.215. The van der Waals surface area contributed by atoms with Crippen molar-refractivity contribution in [1.29, 1.82) is 0 Å². The third kappa shape index (κ3) is 8.21. The molecule has 1 N–H and O–H groups in total. The molecule has 0 bridgehead atoms. The van der Waals surface area contributed by atoms with E-state index in [0.717, 1.165) is 0 Å². The molecule has 29 valence electrons. The van der Waals surface area contributed by atoms with E-state index < -0.39 is 0 Å². The number of aromatic amines is 1. The first-order valence-electron chi connectivity index (χ1n) is 1.44. The fourth-order valence-corrected chi connectivity index (χ4v) is 0.215. The second-order valence-electron chi connectivity index (χ2n) is 0.766. The molecule has 8 heavy (non-hydrogen) atoms. The predicted octanol–water partition coefficient (Wildman–Crippen LogP) is -0.733. The van der Waals surface area contributed by atoms with Gasteiger partial charge in [0.05, 0.1) is 0 Å². The van der Waals surface area contributed by atoms with Crippen LogP contribution < -0.4 is 0 Å². The van der Waals surface area contributed by atoms with Crippen LogP contribution in [0.15, 0.2) is 18.5 Å². The molecule has 0 aliphatic carbocycles. The molecule has 1 aromatic heterocycles. The van der Waals surface area contributed by atoms with E-state index in [2.05, 4.69) is 10.2 Å². The standard InChI is InChI=1S/C3H4N2.3Na/c1-2-4-5-3-1;;;/h1-3H,(H,4,5);;;. The number of nitrogens with zero attached hydrogens (tertiary/aromatic N) is 1. The first-order chi connectivity index (χ1) is 2.50. The number of H-pyrrole nitrogens is 1. The Kier molecular flexibility index (Phi) is 24.9. The maximum Gasteiger partial charge on any atom is 0.0487 e. The van der Waals surface area contributed by atoms with E-state index in [9.17, 15) is 0 Å². The van der Waals surface area contributed by atoms with Gasteiger partial charge in [-0.05, 0) is 6.07 Å². The van der Waals surface area contributed by atoms with Gasteiger partial charge in [-0.1, -0.05) is 0 Å². The normalized spacial score (nSPS) is 5.00. The predicted molar refractivity (Wildman–Crippen MR) is 35.8 cm³/mol. The molecule has 0 spiro atoms. The summed E-state index contributed by atoms with van der Waals surface area (Å²) in [5.41, 5.74) is 0. The van der Waals surface area contributed by atoms with Crippen LogP contribution in [0.5, 0.6) is 0 Å². The molecule has 5 heteroatoms. The topological polar surface area (TPSA) is 28.7 Å². The van der Waals surface area contributed by atoms with Crippen molar-refractivity contribution in [2.75, 3.05) is 0 Å². The molecule has 0 saturated carbocycles. The van der Waals surface area contributed by atoms with Gasteiger partial charge >= 0.3 is 0 Å². The quantitative estimate of drug-likeness (QED) is 0.469. The van der Waals surface area contributed by atoms with E-state index in [-0.39, 0.29) is 88.7 Å². The number of nitrogens with one attached hydrogen (secondary N) is 1. The molecule has 1 heterocycles. The van der Waals surface area contributed by atoms with Crippen molar-refractivity contribution in [3.8, 4) is 0 Å². The first kappa shape index (κ1) is 16.7. The van der Waals surface area contributed by atoms with Gasteiger partial charge in [0.25, 0.3) is 0 Å². The summed E-state index contributed by atoms with van der Waals surface area (Å²) in [6.07, 6.45) is 3.46. The number of rotatable bonds is 0. The molecular weight excluding hydrogens is 133 g/mol. The Morgan fingerprint density at radius 1 is 1.12 bits per heavy atom. The SMILES string of the molecule is [Na].[Na].[Na].c1cn[nH]c1. The molecule has 0 atom stereocenters. The minimum atomic E-state index is 0. The van der Waals surface area contributed by atoms with Crippen LogP contribution in [0.1, 0.15) is 0 Å². The van der Waals surface area contributed by atoms with Gasteiger partial charge in [0.1, 0.15) is 0 Å². The Labute approximate surface area is 115 Å². The Morgan fingerprint density at radius 2 is 1.75 bits per heavy atom. The van der Waals surface area contributed by atoms with Gasteiger partial charge in [0.2, 0.25) is 0 Å². The van der Waals surface area contributed by atoms with Crippen LogP contribution >= 0.6 is 0 Å². The molecule has 0 amide bonds. The van der Waals surface area contributed by atoms with Crippen molar-refractivity contribution < 1.29 is 0 Å². The molecule has 0 unspecified atom stereocenters.